The van der Waals surface area contributed by atoms with Crippen LogP contribution in [0.5, 0.6) is 0 Å². The molecule has 1 aliphatic carbocycles. The van der Waals surface area contributed by atoms with E-state index in [1.807, 2.05) is 4.90 Å². The Hall–Kier alpha value is -0.770. The number of alkyl halides is 1. The number of halogens is 1. The highest BCUT2D eigenvalue weighted by Crippen LogP contribution is 2.30. The van der Waals surface area contributed by atoms with Gasteiger partial charge in [0.15, 0.2) is 0 Å². The number of carboxylic acid groups (broad SMARTS) is 1. The number of rotatable bonds is 3. The minimum absolute atomic E-state index is 0.0436. The zero-order chi connectivity index (χ0) is 12.4. The number of nitrogens with zero attached hydrogens (tertiary/aromatic N) is 1. The molecule has 1 amide bonds. The number of carboxylic acids is 1. The van der Waals surface area contributed by atoms with Crippen molar-refractivity contribution in [3.8, 4) is 0 Å². The summed E-state index contributed by atoms with van der Waals surface area (Å²) in [6.45, 7) is 1.41. The quantitative estimate of drug-likeness (QED) is 0.785. The maximum Gasteiger partial charge on any atom is 0.306 e. The largest absolute Gasteiger partial charge is 0.481 e. The second-order valence-corrected chi connectivity index (χ2v) is 5.77. The van der Waals surface area contributed by atoms with Crippen molar-refractivity contribution in [2.24, 2.45) is 11.8 Å². The van der Waals surface area contributed by atoms with Gasteiger partial charge in [0.1, 0.15) is 0 Å². The lowest BCUT2D eigenvalue weighted by Gasteiger charge is -2.29. The lowest BCUT2D eigenvalue weighted by molar-refractivity contribution is -0.143. The highest BCUT2D eigenvalue weighted by Gasteiger charge is 2.32. The monoisotopic (exact) mass is 259 g/mol. The van der Waals surface area contributed by atoms with Gasteiger partial charge in [0.2, 0.25) is 5.91 Å². The molecular weight excluding hydrogens is 242 g/mol. The minimum atomic E-state index is -0.679. The van der Waals surface area contributed by atoms with Gasteiger partial charge in [-0.3, -0.25) is 9.59 Å². The van der Waals surface area contributed by atoms with Crippen molar-refractivity contribution in [1.82, 2.24) is 4.90 Å². The van der Waals surface area contributed by atoms with Gasteiger partial charge in [0.05, 0.1) is 11.3 Å². The van der Waals surface area contributed by atoms with Crippen LogP contribution < -0.4 is 0 Å². The Balaban J connectivity index is 1.78. The molecule has 1 unspecified atom stereocenters. The van der Waals surface area contributed by atoms with Crippen molar-refractivity contribution in [3.05, 3.63) is 0 Å². The predicted octanol–water partition coefficient (Wildman–Crippen LogP) is 1.72. The van der Waals surface area contributed by atoms with E-state index < -0.39 is 5.97 Å². The number of amides is 1. The third kappa shape index (κ3) is 3.12. The first kappa shape index (κ1) is 12.7. The summed E-state index contributed by atoms with van der Waals surface area (Å²) in [4.78, 5) is 24.2. The molecule has 2 aliphatic rings. The zero-order valence-electron chi connectivity index (χ0n) is 9.77. The number of carbonyl (C=O) groups excluding carboxylic acids is 1. The van der Waals surface area contributed by atoms with Gasteiger partial charge in [-0.05, 0) is 31.6 Å². The van der Waals surface area contributed by atoms with Gasteiger partial charge in [-0.1, -0.05) is 0 Å². The van der Waals surface area contributed by atoms with Crippen LogP contribution in [0.15, 0.2) is 0 Å². The molecule has 0 aromatic carbocycles. The summed E-state index contributed by atoms with van der Waals surface area (Å²) in [6.07, 6.45) is 3.76. The predicted molar refractivity (Wildman–Crippen MR) is 63.9 cm³/mol. The van der Waals surface area contributed by atoms with E-state index in [1.54, 1.807) is 0 Å². The Labute approximate surface area is 106 Å². The number of carbonyl (C=O) groups is 2. The van der Waals surface area contributed by atoms with Gasteiger partial charge in [-0.25, -0.2) is 0 Å². The highest BCUT2D eigenvalue weighted by molar-refractivity contribution is 6.22. The van der Waals surface area contributed by atoms with Gasteiger partial charge in [-0.15, -0.1) is 11.6 Å². The van der Waals surface area contributed by atoms with E-state index in [-0.39, 0.29) is 17.2 Å². The van der Waals surface area contributed by atoms with E-state index in [4.69, 9.17) is 16.7 Å². The number of hydrogen-bond acceptors (Lipinski definition) is 2. The standard InChI is InChI=1S/C12H18ClNO3/c13-10-5-11(15)14(7-10)6-8-1-3-9(4-2-8)12(16)17/h8-10H,1-7H2,(H,16,17). The average Bonchev–Trinajstić information content (AvgIpc) is 2.58. The second kappa shape index (κ2) is 5.25. The van der Waals surface area contributed by atoms with E-state index >= 15 is 0 Å². The normalized spacial score (nSPS) is 34.1. The molecule has 1 saturated heterocycles. The van der Waals surface area contributed by atoms with Crippen molar-refractivity contribution in [2.75, 3.05) is 13.1 Å². The molecule has 5 heteroatoms. The van der Waals surface area contributed by atoms with E-state index in [9.17, 15) is 9.59 Å². The average molecular weight is 260 g/mol. The molecule has 0 bridgehead atoms. The summed E-state index contributed by atoms with van der Waals surface area (Å²) < 4.78 is 0. The molecule has 0 spiro atoms. The number of aliphatic carboxylic acids is 1. The fourth-order valence-corrected chi connectivity index (χ4v) is 3.10. The molecule has 0 aromatic rings. The molecule has 96 valence electrons. The molecule has 1 saturated carbocycles. The van der Waals surface area contributed by atoms with Crippen molar-refractivity contribution >= 4 is 23.5 Å². The summed E-state index contributed by atoms with van der Waals surface area (Å²) in [6, 6.07) is 0. The Morgan fingerprint density at radius 3 is 2.47 bits per heavy atom. The Bertz CT molecular complexity index is 313. The molecule has 1 heterocycles. The Morgan fingerprint density at radius 1 is 1.35 bits per heavy atom. The summed E-state index contributed by atoms with van der Waals surface area (Å²) >= 11 is 5.94. The lowest BCUT2D eigenvalue weighted by atomic mass is 9.82. The van der Waals surface area contributed by atoms with E-state index in [2.05, 4.69) is 0 Å². The highest BCUT2D eigenvalue weighted by atomic mass is 35.5. The maximum absolute atomic E-state index is 11.6. The van der Waals surface area contributed by atoms with Gasteiger partial charge >= 0.3 is 5.97 Å². The first-order chi connectivity index (χ1) is 8.06. The smallest absolute Gasteiger partial charge is 0.306 e. The van der Waals surface area contributed by atoms with Crippen LogP contribution in [0.1, 0.15) is 32.1 Å². The van der Waals surface area contributed by atoms with Crippen molar-refractivity contribution < 1.29 is 14.7 Å². The summed E-state index contributed by atoms with van der Waals surface area (Å²) in [7, 11) is 0. The van der Waals surface area contributed by atoms with E-state index in [0.717, 1.165) is 32.2 Å². The van der Waals surface area contributed by atoms with Crippen LogP contribution in [0.2, 0.25) is 0 Å². The molecule has 1 N–H and O–H groups in total. The number of likely N-dealkylation sites (tertiary alicyclic amines) is 1. The van der Waals surface area contributed by atoms with Crippen molar-refractivity contribution in [1.29, 1.82) is 0 Å². The van der Waals surface area contributed by atoms with Gasteiger partial charge in [0.25, 0.3) is 0 Å². The molecular formula is C12H18ClNO3. The van der Waals surface area contributed by atoms with Crippen molar-refractivity contribution in [3.63, 3.8) is 0 Å². The topological polar surface area (TPSA) is 57.6 Å². The fourth-order valence-electron chi connectivity index (χ4n) is 2.80. The van der Waals surface area contributed by atoms with Crippen LogP contribution in [-0.2, 0) is 9.59 Å². The van der Waals surface area contributed by atoms with Crippen LogP contribution in [0.25, 0.3) is 0 Å². The number of hydrogen-bond donors (Lipinski definition) is 1. The third-order valence-electron chi connectivity index (χ3n) is 3.84. The van der Waals surface area contributed by atoms with Crippen molar-refractivity contribution in [2.45, 2.75) is 37.5 Å². The SMILES string of the molecule is O=C(O)C1CCC(CN2CC(Cl)CC2=O)CC1. The summed E-state index contributed by atoms with van der Waals surface area (Å²) in [5, 5.41) is 8.86. The van der Waals surface area contributed by atoms with Crippen LogP contribution in [0, 0.1) is 11.8 Å². The fraction of sp³-hybridized carbons (Fsp3) is 0.833. The molecule has 4 nitrogen and oxygen atoms in total. The molecule has 1 aliphatic heterocycles. The van der Waals surface area contributed by atoms with Gasteiger partial charge < -0.3 is 10.0 Å². The lowest BCUT2D eigenvalue weighted by Crippen LogP contribution is -2.33. The molecule has 0 aromatic heterocycles. The zero-order valence-corrected chi connectivity index (χ0v) is 10.5. The van der Waals surface area contributed by atoms with Gasteiger partial charge in [-0.2, -0.15) is 0 Å². The summed E-state index contributed by atoms with van der Waals surface area (Å²) in [5.41, 5.74) is 0. The molecule has 2 rings (SSSR count). The molecule has 0 radical (unpaired) electrons. The van der Waals surface area contributed by atoms with Crippen LogP contribution in [-0.4, -0.2) is 40.3 Å². The maximum atomic E-state index is 11.6. The van der Waals surface area contributed by atoms with Crippen LogP contribution >= 0.6 is 11.6 Å². The van der Waals surface area contributed by atoms with E-state index in [0.29, 0.717) is 18.9 Å². The molecule has 17 heavy (non-hydrogen) atoms. The second-order valence-electron chi connectivity index (χ2n) is 5.16. The summed E-state index contributed by atoms with van der Waals surface area (Å²) in [5.74, 6) is -0.260. The Kier molecular flexibility index (Phi) is 3.92. The first-order valence-electron chi connectivity index (χ1n) is 6.21. The Morgan fingerprint density at radius 2 is 2.00 bits per heavy atom. The molecule has 1 atom stereocenters. The molecule has 2 fully saturated rings. The van der Waals surface area contributed by atoms with E-state index in [1.165, 1.54) is 0 Å². The van der Waals surface area contributed by atoms with Crippen LogP contribution in [0.3, 0.4) is 0 Å². The van der Waals surface area contributed by atoms with Gasteiger partial charge in [0, 0.05) is 19.5 Å². The first-order valence-corrected chi connectivity index (χ1v) is 6.64. The minimum Gasteiger partial charge on any atom is -0.481 e. The van der Waals surface area contributed by atoms with Crippen LogP contribution in [0.4, 0.5) is 0 Å². The third-order valence-corrected chi connectivity index (χ3v) is 4.13.